The van der Waals surface area contributed by atoms with Gasteiger partial charge in [0.15, 0.2) is 5.82 Å². The number of ether oxygens (including phenoxy) is 2. The standard InChI is InChI=1S/C22H24N8O2/c1-28-16-17(15-24-28)6-11-32-22-25-20(29-9-12-31-13-10-29)14-21(26-22)30-8-5-19(27-30)18-4-2-3-7-23-18/h2-5,7-8,14-16H,6,9-13H2,1H3. The van der Waals surface area contributed by atoms with E-state index in [0.29, 0.717) is 31.6 Å². The van der Waals surface area contributed by atoms with Crippen LogP contribution in [0.3, 0.4) is 0 Å². The molecule has 0 atom stereocenters. The van der Waals surface area contributed by atoms with Crippen LogP contribution in [-0.4, -0.2) is 67.4 Å². The predicted molar refractivity (Wildman–Crippen MR) is 118 cm³/mol. The van der Waals surface area contributed by atoms with Crippen molar-refractivity contribution >= 4 is 5.82 Å². The molecule has 4 aromatic heterocycles. The first-order valence-corrected chi connectivity index (χ1v) is 10.5. The highest BCUT2D eigenvalue weighted by Crippen LogP contribution is 2.21. The van der Waals surface area contributed by atoms with Crippen LogP contribution < -0.4 is 9.64 Å². The fourth-order valence-corrected chi connectivity index (χ4v) is 3.50. The molecular formula is C22H24N8O2. The van der Waals surface area contributed by atoms with Gasteiger partial charge in [0.05, 0.1) is 31.7 Å². The van der Waals surface area contributed by atoms with E-state index in [1.807, 2.05) is 56.0 Å². The van der Waals surface area contributed by atoms with E-state index in [1.165, 1.54) is 0 Å². The maximum Gasteiger partial charge on any atom is 0.320 e. The van der Waals surface area contributed by atoms with Crippen molar-refractivity contribution < 1.29 is 9.47 Å². The summed E-state index contributed by atoms with van der Waals surface area (Å²) >= 11 is 0. The summed E-state index contributed by atoms with van der Waals surface area (Å²) in [5, 5.41) is 8.86. The van der Waals surface area contributed by atoms with Gasteiger partial charge < -0.3 is 14.4 Å². The van der Waals surface area contributed by atoms with Gasteiger partial charge in [0.25, 0.3) is 0 Å². The van der Waals surface area contributed by atoms with Crippen LogP contribution in [0.1, 0.15) is 5.56 Å². The lowest BCUT2D eigenvalue weighted by molar-refractivity contribution is 0.122. The Morgan fingerprint density at radius 3 is 2.72 bits per heavy atom. The first-order valence-electron chi connectivity index (χ1n) is 10.5. The van der Waals surface area contributed by atoms with Crippen molar-refractivity contribution in [3.05, 3.63) is 60.7 Å². The van der Waals surface area contributed by atoms with Crippen LogP contribution in [0.25, 0.3) is 17.2 Å². The zero-order chi connectivity index (χ0) is 21.8. The van der Waals surface area contributed by atoms with Crippen molar-refractivity contribution in [3.8, 4) is 23.2 Å². The van der Waals surface area contributed by atoms with Gasteiger partial charge in [-0.05, 0) is 23.8 Å². The third-order valence-electron chi connectivity index (χ3n) is 5.15. The van der Waals surface area contributed by atoms with Crippen molar-refractivity contribution in [2.24, 2.45) is 7.05 Å². The third kappa shape index (κ3) is 4.59. The largest absolute Gasteiger partial charge is 0.463 e. The molecule has 0 saturated carbocycles. The highest BCUT2D eigenvalue weighted by atomic mass is 16.5. The Labute approximate surface area is 185 Å². The fraction of sp³-hybridized carbons (Fsp3) is 0.318. The van der Waals surface area contributed by atoms with Gasteiger partial charge in [-0.1, -0.05) is 6.07 Å². The molecule has 1 saturated heterocycles. The van der Waals surface area contributed by atoms with E-state index < -0.39 is 0 Å². The lowest BCUT2D eigenvalue weighted by atomic mass is 10.3. The quantitative estimate of drug-likeness (QED) is 0.437. The molecule has 5 rings (SSSR count). The van der Waals surface area contributed by atoms with E-state index in [9.17, 15) is 0 Å². The molecule has 0 aliphatic carbocycles. The predicted octanol–water partition coefficient (Wildman–Crippen LogP) is 1.92. The van der Waals surface area contributed by atoms with Crippen molar-refractivity contribution in [3.63, 3.8) is 0 Å². The molecule has 5 heterocycles. The first kappa shape index (κ1) is 20.1. The number of rotatable bonds is 7. The van der Waals surface area contributed by atoms with Gasteiger partial charge in [-0.3, -0.25) is 9.67 Å². The molecular weight excluding hydrogens is 408 g/mol. The molecule has 1 aliphatic heterocycles. The zero-order valence-electron chi connectivity index (χ0n) is 17.8. The van der Waals surface area contributed by atoms with Gasteiger partial charge in [0.2, 0.25) is 0 Å². The zero-order valence-corrected chi connectivity index (χ0v) is 17.8. The summed E-state index contributed by atoms with van der Waals surface area (Å²) in [6.07, 6.45) is 8.16. The number of anilines is 1. The van der Waals surface area contributed by atoms with Crippen LogP contribution in [0.5, 0.6) is 6.01 Å². The molecule has 164 valence electrons. The third-order valence-corrected chi connectivity index (χ3v) is 5.15. The number of nitrogens with zero attached hydrogens (tertiary/aromatic N) is 8. The van der Waals surface area contributed by atoms with Crippen LogP contribution in [0, 0.1) is 0 Å². The minimum Gasteiger partial charge on any atom is -0.463 e. The van der Waals surface area contributed by atoms with Crippen molar-refractivity contribution in [2.75, 3.05) is 37.8 Å². The average Bonchev–Trinajstić information content (AvgIpc) is 3.50. The SMILES string of the molecule is Cn1cc(CCOc2nc(N3CCOCC3)cc(-n3ccc(-c4ccccn4)n3)n2)cn1. The number of aryl methyl sites for hydroxylation is 1. The Balaban J connectivity index is 1.40. The summed E-state index contributed by atoms with van der Waals surface area (Å²) in [4.78, 5) is 15.8. The van der Waals surface area contributed by atoms with Crippen LogP contribution in [0.2, 0.25) is 0 Å². The van der Waals surface area contributed by atoms with Crippen molar-refractivity contribution in [1.29, 1.82) is 0 Å². The highest BCUT2D eigenvalue weighted by molar-refractivity contribution is 5.54. The van der Waals surface area contributed by atoms with E-state index in [2.05, 4.69) is 30.0 Å². The second-order valence-electron chi connectivity index (χ2n) is 7.45. The van der Waals surface area contributed by atoms with E-state index >= 15 is 0 Å². The van der Waals surface area contributed by atoms with E-state index in [4.69, 9.17) is 9.47 Å². The lowest BCUT2D eigenvalue weighted by Gasteiger charge is -2.28. The van der Waals surface area contributed by atoms with Gasteiger partial charge >= 0.3 is 6.01 Å². The molecule has 32 heavy (non-hydrogen) atoms. The Kier molecular flexibility index (Phi) is 5.75. The van der Waals surface area contributed by atoms with Crippen molar-refractivity contribution in [1.82, 2.24) is 34.5 Å². The molecule has 1 aliphatic rings. The Morgan fingerprint density at radius 2 is 1.94 bits per heavy atom. The van der Waals surface area contributed by atoms with Gasteiger partial charge in [-0.25, -0.2) is 4.68 Å². The number of hydrogen-bond donors (Lipinski definition) is 0. The molecule has 0 unspecified atom stereocenters. The minimum atomic E-state index is 0.322. The van der Waals surface area contributed by atoms with E-state index in [-0.39, 0.29) is 0 Å². The molecule has 0 bridgehead atoms. The number of pyridine rings is 1. The van der Waals surface area contributed by atoms with E-state index in [1.54, 1.807) is 15.6 Å². The van der Waals surface area contributed by atoms with Gasteiger partial charge in [-0.2, -0.15) is 20.2 Å². The first-order chi connectivity index (χ1) is 15.7. The summed E-state index contributed by atoms with van der Waals surface area (Å²) in [5.41, 5.74) is 2.68. The molecule has 0 spiro atoms. The fourth-order valence-electron chi connectivity index (χ4n) is 3.50. The molecule has 0 amide bonds. The number of morpholine rings is 1. The van der Waals surface area contributed by atoms with Gasteiger partial charge in [-0.15, -0.1) is 0 Å². The number of aromatic nitrogens is 7. The highest BCUT2D eigenvalue weighted by Gasteiger charge is 2.17. The Morgan fingerprint density at radius 1 is 1.06 bits per heavy atom. The second kappa shape index (κ2) is 9.15. The summed E-state index contributed by atoms with van der Waals surface area (Å²) in [6, 6.07) is 9.92. The van der Waals surface area contributed by atoms with Crippen LogP contribution >= 0.6 is 0 Å². The van der Waals surface area contributed by atoms with Crippen molar-refractivity contribution in [2.45, 2.75) is 6.42 Å². The maximum atomic E-state index is 5.93. The molecule has 4 aromatic rings. The van der Waals surface area contributed by atoms with E-state index in [0.717, 1.165) is 42.3 Å². The summed E-state index contributed by atoms with van der Waals surface area (Å²) < 4.78 is 14.9. The molecule has 10 heteroatoms. The normalized spacial score (nSPS) is 14.0. The van der Waals surface area contributed by atoms with Crippen LogP contribution in [-0.2, 0) is 18.2 Å². The maximum absolute atomic E-state index is 5.93. The van der Waals surface area contributed by atoms with Gasteiger partial charge in [0, 0.05) is 51.2 Å². The number of hydrogen-bond acceptors (Lipinski definition) is 8. The smallest absolute Gasteiger partial charge is 0.320 e. The second-order valence-corrected chi connectivity index (χ2v) is 7.45. The molecule has 0 radical (unpaired) electrons. The van der Waals surface area contributed by atoms with Gasteiger partial charge in [0.1, 0.15) is 11.5 Å². The Hall–Kier alpha value is -3.79. The van der Waals surface area contributed by atoms with Crippen LogP contribution in [0.15, 0.2) is 55.1 Å². The molecule has 0 N–H and O–H groups in total. The Bertz CT molecular complexity index is 1170. The molecule has 1 fully saturated rings. The summed E-state index contributed by atoms with van der Waals surface area (Å²) in [7, 11) is 1.90. The minimum absolute atomic E-state index is 0.322. The molecule has 0 aromatic carbocycles. The molecule has 10 nitrogen and oxygen atoms in total. The average molecular weight is 432 g/mol. The topological polar surface area (TPSA) is 96.0 Å². The summed E-state index contributed by atoms with van der Waals surface area (Å²) in [6.45, 7) is 3.33. The lowest BCUT2D eigenvalue weighted by Crippen LogP contribution is -2.37. The summed E-state index contributed by atoms with van der Waals surface area (Å²) in [5.74, 6) is 1.43. The monoisotopic (exact) mass is 432 g/mol. The van der Waals surface area contributed by atoms with Crippen LogP contribution in [0.4, 0.5) is 5.82 Å².